The van der Waals surface area contributed by atoms with Crippen LogP contribution in [-0.4, -0.2) is 38.4 Å². The molecule has 0 spiro atoms. The number of sulfonamides is 1. The molecule has 13 heteroatoms. The van der Waals surface area contributed by atoms with Crippen molar-refractivity contribution in [1.29, 1.82) is 0 Å². The molecule has 0 aliphatic heterocycles. The summed E-state index contributed by atoms with van der Waals surface area (Å²) in [6.07, 6.45) is -2.04. The van der Waals surface area contributed by atoms with E-state index in [2.05, 4.69) is 25.3 Å². The second-order valence-corrected chi connectivity index (χ2v) is 6.19. The van der Waals surface area contributed by atoms with Crippen LogP contribution in [0.25, 0.3) is 17.2 Å². The Morgan fingerprint density at radius 2 is 1.88 bits per heavy atom. The molecule has 2 N–H and O–H groups in total. The molecule has 0 fully saturated rings. The minimum atomic E-state index is -4.78. The normalized spacial score (nSPS) is 12.3. The molecule has 130 valence electrons. The van der Waals surface area contributed by atoms with Crippen LogP contribution in [0.3, 0.4) is 0 Å². The van der Waals surface area contributed by atoms with Gasteiger partial charge in [-0.05, 0) is 24.3 Å². The van der Waals surface area contributed by atoms with Gasteiger partial charge in [0.1, 0.15) is 0 Å². The first-order valence-electron chi connectivity index (χ1n) is 6.48. The third-order valence-electron chi connectivity index (χ3n) is 2.91. The van der Waals surface area contributed by atoms with Gasteiger partial charge in [0, 0.05) is 18.0 Å². The van der Waals surface area contributed by atoms with Gasteiger partial charge in [-0.25, -0.2) is 18.5 Å². The highest BCUT2D eigenvalue weighted by molar-refractivity contribution is 7.89. The van der Waals surface area contributed by atoms with Crippen LogP contribution in [0.5, 0.6) is 0 Å². The van der Waals surface area contributed by atoms with E-state index >= 15 is 0 Å². The van der Waals surface area contributed by atoms with Crippen molar-refractivity contribution in [3.8, 4) is 17.2 Å². The number of aromatic nitrogens is 6. The van der Waals surface area contributed by atoms with Crippen molar-refractivity contribution < 1.29 is 21.6 Å². The third-order valence-corrected chi connectivity index (χ3v) is 3.72. The van der Waals surface area contributed by atoms with E-state index in [9.17, 15) is 21.6 Å². The van der Waals surface area contributed by atoms with Gasteiger partial charge < -0.3 is 0 Å². The molecule has 3 aromatic rings. The molecular weight excluding hydrogens is 363 g/mol. The zero-order chi connectivity index (χ0) is 18.2. The fourth-order valence-corrected chi connectivity index (χ4v) is 2.26. The zero-order valence-corrected chi connectivity index (χ0v) is 12.9. The van der Waals surface area contributed by atoms with Gasteiger partial charge in [0.2, 0.25) is 0 Å². The Hall–Kier alpha value is -2.93. The van der Waals surface area contributed by atoms with Crippen molar-refractivity contribution in [2.75, 3.05) is 0 Å². The van der Waals surface area contributed by atoms with Crippen LogP contribution >= 0.6 is 0 Å². The van der Waals surface area contributed by atoms with E-state index in [0.717, 1.165) is 16.8 Å². The largest absolute Gasteiger partial charge is 0.453 e. The van der Waals surface area contributed by atoms with Crippen molar-refractivity contribution in [3.63, 3.8) is 0 Å². The van der Waals surface area contributed by atoms with Gasteiger partial charge >= 0.3 is 6.18 Å². The lowest BCUT2D eigenvalue weighted by Gasteiger charge is -2.04. The van der Waals surface area contributed by atoms with Crippen LogP contribution < -0.4 is 5.14 Å². The number of nitrogens with zero attached hydrogens (tertiary/aromatic N) is 6. The maximum atomic E-state index is 12.9. The van der Waals surface area contributed by atoms with E-state index in [-0.39, 0.29) is 17.2 Å². The first kappa shape index (κ1) is 16.9. The molecule has 0 aromatic carbocycles. The van der Waals surface area contributed by atoms with Crippen LogP contribution in [0.2, 0.25) is 0 Å². The molecule has 3 heterocycles. The lowest BCUT2D eigenvalue weighted by Crippen LogP contribution is -2.15. The van der Waals surface area contributed by atoms with E-state index in [1.807, 2.05) is 0 Å². The van der Waals surface area contributed by atoms with Gasteiger partial charge in [0.15, 0.2) is 16.7 Å². The minimum absolute atomic E-state index is 0.172. The lowest BCUT2D eigenvalue weighted by atomic mass is 10.3. The minimum Gasteiger partial charge on any atom is -0.264 e. The number of primary sulfonamides is 1. The number of nitrogens with two attached hydrogens (primary N) is 1. The molecule has 0 saturated heterocycles. The average Bonchev–Trinajstić information content (AvgIpc) is 3.00. The van der Waals surface area contributed by atoms with Gasteiger partial charge in [-0.1, -0.05) is 0 Å². The quantitative estimate of drug-likeness (QED) is 0.720. The SMILES string of the molecule is NS(=O)(=O)c1ccc(-n2nc(C(F)(F)F)nc2-c2cccnc2)nn1. The third kappa shape index (κ3) is 3.46. The second kappa shape index (κ2) is 5.86. The molecule has 0 aliphatic rings. The Morgan fingerprint density at radius 1 is 1.12 bits per heavy atom. The Balaban J connectivity index is 2.16. The number of pyridine rings is 1. The Bertz CT molecular complexity index is 1000. The predicted molar refractivity (Wildman–Crippen MR) is 76.6 cm³/mol. The van der Waals surface area contributed by atoms with E-state index in [4.69, 9.17) is 5.14 Å². The van der Waals surface area contributed by atoms with Crippen molar-refractivity contribution in [3.05, 3.63) is 42.5 Å². The summed E-state index contributed by atoms with van der Waals surface area (Å²) in [5, 5.41) is 14.7. The van der Waals surface area contributed by atoms with Crippen molar-refractivity contribution >= 4 is 10.0 Å². The second-order valence-electron chi connectivity index (χ2n) is 4.69. The van der Waals surface area contributed by atoms with Gasteiger partial charge in [-0.3, -0.25) is 4.98 Å². The van der Waals surface area contributed by atoms with Gasteiger partial charge in [-0.15, -0.1) is 15.3 Å². The van der Waals surface area contributed by atoms with E-state index < -0.39 is 27.0 Å². The molecule has 0 unspecified atom stereocenters. The summed E-state index contributed by atoms with van der Waals surface area (Å²) in [4.78, 5) is 7.29. The first-order chi connectivity index (χ1) is 11.7. The molecular formula is C12H8F3N7O2S. The maximum Gasteiger partial charge on any atom is 0.453 e. The number of alkyl halides is 3. The van der Waals surface area contributed by atoms with E-state index in [1.165, 1.54) is 24.5 Å². The number of rotatable bonds is 3. The Kier molecular flexibility index (Phi) is 3.96. The summed E-state index contributed by atoms with van der Waals surface area (Å²) >= 11 is 0. The summed E-state index contributed by atoms with van der Waals surface area (Å²) in [5.74, 6) is -1.74. The first-order valence-corrected chi connectivity index (χ1v) is 8.02. The molecule has 3 aromatic heterocycles. The summed E-state index contributed by atoms with van der Waals surface area (Å²) in [6, 6.07) is 5.11. The van der Waals surface area contributed by atoms with Crippen LogP contribution in [0.1, 0.15) is 5.82 Å². The fraction of sp³-hybridized carbons (Fsp3) is 0.0833. The van der Waals surface area contributed by atoms with Gasteiger partial charge in [0.05, 0.1) is 0 Å². The van der Waals surface area contributed by atoms with Crippen LogP contribution in [0, 0.1) is 0 Å². The highest BCUT2D eigenvalue weighted by Crippen LogP contribution is 2.29. The molecule has 0 bridgehead atoms. The summed E-state index contributed by atoms with van der Waals surface area (Å²) < 4.78 is 62.0. The fourth-order valence-electron chi connectivity index (χ4n) is 1.85. The number of halogens is 3. The Labute approximate surface area is 138 Å². The molecule has 0 aliphatic carbocycles. The van der Waals surface area contributed by atoms with Crippen LogP contribution in [0.15, 0.2) is 41.7 Å². The lowest BCUT2D eigenvalue weighted by molar-refractivity contribution is -0.144. The number of hydrogen-bond acceptors (Lipinski definition) is 7. The molecule has 0 radical (unpaired) electrons. The highest BCUT2D eigenvalue weighted by Gasteiger charge is 2.37. The van der Waals surface area contributed by atoms with Crippen molar-refractivity contribution in [1.82, 2.24) is 29.9 Å². The van der Waals surface area contributed by atoms with Crippen LogP contribution in [-0.2, 0) is 16.2 Å². The molecule has 0 amide bonds. The average molecular weight is 371 g/mol. The Morgan fingerprint density at radius 3 is 2.40 bits per heavy atom. The van der Waals surface area contributed by atoms with Crippen LogP contribution in [0.4, 0.5) is 13.2 Å². The van der Waals surface area contributed by atoms with Gasteiger partial charge in [0.25, 0.3) is 15.8 Å². The van der Waals surface area contributed by atoms with Crippen molar-refractivity contribution in [2.45, 2.75) is 11.2 Å². The van der Waals surface area contributed by atoms with E-state index in [1.54, 1.807) is 0 Å². The molecule has 0 saturated carbocycles. The maximum absolute atomic E-state index is 12.9. The summed E-state index contributed by atoms with van der Waals surface area (Å²) in [7, 11) is -4.09. The smallest absolute Gasteiger partial charge is 0.264 e. The summed E-state index contributed by atoms with van der Waals surface area (Å²) in [6.45, 7) is 0. The standard InChI is InChI=1S/C12H8F3N7O2S/c13-12(14,15)11-18-10(7-2-1-5-17-6-7)22(21-11)8-3-4-9(20-19-8)25(16,23)24/h1-6H,(H2,16,23,24). The molecule has 0 atom stereocenters. The van der Waals surface area contributed by atoms with Gasteiger partial charge in [-0.2, -0.15) is 17.9 Å². The zero-order valence-electron chi connectivity index (χ0n) is 12.1. The summed E-state index contributed by atoms with van der Waals surface area (Å²) in [5.41, 5.74) is 0.253. The molecule has 25 heavy (non-hydrogen) atoms. The van der Waals surface area contributed by atoms with Crippen molar-refractivity contribution in [2.24, 2.45) is 5.14 Å². The highest BCUT2D eigenvalue weighted by atomic mass is 32.2. The van der Waals surface area contributed by atoms with E-state index in [0.29, 0.717) is 0 Å². The predicted octanol–water partition coefficient (Wildman–Crippen LogP) is 0.785. The monoisotopic (exact) mass is 371 g/mol. The molecule has 3 rings (SSSR count). The number of hydrogen-bond donors (Lipinski definition) is 1. The molecule has 9 nitrogen and oxygen atoms in total. The topological polar surface area (TPSA) is 130 Å².